The normalized spacial score (nSPS) is 11.3. The van der Waals surface area contributed by atoms with Crippen LogP contribution in [-0.4, -0.2) is 31.4 Å². The van der Waals surface area contributed by atoms with Crippen molar-refractivity contribution < 1.29 is 15.0 Å². The number of H-pyrrole nitrogens is 1. The Bertz CT molecular complexity index is 1200. The van der Waals surface area contributed by atoms with Gasteiger partial charge in [0.15, 0.2) is 5.69 Å². The van der Waals surface area contributed by atoms with Crippen molar-refractivity contribution in [1.29, 1.82) is 0 Å². The van der Waals surface area contributed by atoms with Crippen molar-refractivity contribution in [2.45, 2.75) is 26.3 Å². The van der Waals surface area contributed by atoms with Crippen LogP contribution in [0.3, 0.4) is 0 Å². The summed E-state index contributed by atoms with van der Waals surface area (Å²) in [4.78, 5) is 15.9. The first-order valence-electron chi connectivity index (χ1n) is 9.16. The number of hydrogen-bond acceptors (Lipinski definition) is 6. The number of aromatic amines is 1. The van der Waals surface area contributed by atoms with E-state index in [9.17, 15) is 15.0 Å². The Labute approximate surface area is 171 Å². The van der Waals surface area contributed by atoms with Crippen LogP contribution in [0.4, 0.5) is 5.69 Å². The molecule has 2 aromatic heterocycles. The van der Waals surface area contributed by atoms with E-state index in [1.54, 1.807) is 12.1 Å². The largest absolute Gasteiger partial charge is 0.507 e. The van der Waals surface area contributed by atoms with Crippen LogP contribution < -0.4 is 5.32 Å². The zero-order valence-corrected chi connectivity index (χ0v) is 16.7. The van der Waals surface area contributed by atoms with Gasteiger partial charge >= 0.3 is 5.97 Å². The van der Waals surface area contributed by atoms with Crippen LogP contribution in [0.15, 0.2) is 41.8 Å². The van der Waals surface area contributed by atoms with Gasteiger partial charge in [-0.05, 0) is 30.2 Å². The molecule has 0 radical (unpaired) electrons. The molecule has 0 saturated heterocycles. The number of phenolic OH excluding ortho intramolecular Hbond substituents is 1. The van der Waals surface area contributed by atoms with Crippen LogP contribution in [0.2, 0.25) is 0 Å². The molecular formula is C21H20N4O3S. The predicted octanol–water partition coefficient (Wildman–Crippen LogP) is 4.83. The van der Waals surface area contributed by atoms with E-state index in [4.69, 9.17) is 0 Å². The van der Waals surface area contributed by atoms with Gasteiger partial charge in [-0.25, -0.2) is 9.78 Å². The molecule has 4 aromatic rings. The lowest BCUT2D eigenvalue weighted by Gasteiger charge is -2.11. The maximum Gasteiger partial charge on any atom is 0.357 e. The smallest absolute Gasteiger partial charge is 0.357 e. The highest BCUT2D eigenvalue weighted by molar-refractivity contribution is 7.13. The molecule has 0 amide bonds. The van der Waals surface area contributed by atoms with E-state index in [1.165, 1.54) is 11.3 Å². The fourth-order valence-corrected chi connectivity index (χ4v) is 4.07. The van der Waals surface area contributed by atoms with Gasteiger partial charge in [0, 0.05) is 28.6 Å². The lowest BCUT2D eigenvalue weighted by molar-refractivity contribution is 0.0692. The molecule has 4 rings (SSSR count). The highest BCUT2D eigenvalue weighted by atomic mass is 32.1. The summed E-state index contributed by atoms with van der Waals surface area (Å²) in [5.41, 5.74) is 3.83. The number of para-hydroxylation sites is 1. The standard InChI is InChI=1S/C21H20N4O3S/c1-11(2)17-10-29-20(23-17)14-5-3-4-12(19(14)26)9-22-13-6-7-16-15(8-13)18(21(27)28)25-24-16/h3-8,10-11,22,26H,9H2,1-2H3,(H,24,25)(H,27,28). The van der Waals surface area contributed by atoms with E-state index in [0.29, 0.717) is 28.9 Å². The summed E-state index contributed by atoms with van der Waals surface area (Å²) in [7, 11) is 0. The molecule has 0 bridgehead atoms. The summed E-state index contributed by atoms with van der Waals surface area (Å²) in [6, 6.07) is 10.9. The van der Waals surface area contributed by atoms with E-state index in [2.05, 4.69) is 34.3 Å². The molecule has 2 aromatic carbocycles. The third kappa shape index (κ3) is 3.66. The molecule has 0 aliphatic carbocycles. The summed E-state index contributed by atoms with van der Waals surface area (Å²) in [6.45, 7) is 4.56. The second kappa shape index (κ2) is 7.56. The van der Waals surface area contributed by atoms with E-state index in [-0.39, 0.29) is 11.4 Å². The number of rotatable bonds is 6. The van der Waals surface area contributed by atoms with Gasteiger partial charge in [0.25, 0.3) is 0 Å². The zero-order valence-electron chi connectivity index (χ0n) is 15.9. The lowest BCUT2D eigenvalue weighted by atomic mass is 10.1. The van der Waals surface area contributed by atoms with Crippen molar-refractivity contribution in [1.82, 2.24) is 15.2 Å². The van der Waals surface area contributed by atoms with Gasteiger partial charge in [-0.3, -0.25) is 5.10 Å². The van der Waals surface area contributed by atoms with Gasteiger partial charge in [0.1, 0.15) is 10.8 Å². The molecule has 0 atom stereocenters. The van der Waals surface area contributed by atoms with Crippen molar-refractivity contribution in [2.24, 2.45) is 0 Å². The number of fused-ring (bicyclic) bond motifs is 1. The average Bonchev–Trinajstić information content (AvgIpc) is 3.34. The Morgan fingerprint density at radius 3 is 2.83 bits per heavy atom. The fourth-order valence-electron chi connectivity index (χ4n) is 3.07. The molecule has 148 valence electrons. The number of carbonyl (C=O) groups is 1. The van der Waals surface area contributed by atoms with E-state index < -0.39 is 5.97 Å². The molecular weight excluding hydrogens is 388 g/mol. The second-order valence-corrected chi connectivity index (χ2v) is 7.89. The molecule has 0 spiro atoms. The average molecular weight is 408 g/mol. The molecule has 0 saturated carbocycles. The first-order chi connectivity index (χ1) is 13.9. The van der Waals surface area contributed by atoms with E-state index in [0.717, 1.165) is 22.0 Å². The first kappa shape index (κ1) is 18.9. The highest BCUT2D eigenvalue weighted by Gasteiger charge is 2.15. The van der Waals surface area contributed by atoms with Crippen LogP contribution in [0, 0.1) is 0 Å². The topological polar surface area (TPSA) is 111 Å². The molecule has 0 aliphatic heterocycles. The number of carboxylic acid groups (broad SMARTS) is 1. The number of hydrogen-bond donors (Lipinski definition) is 4. The van der Waals surface area contributed by atoms with Crippen LogP contribution in [0.5, 0.6) is 5.75 Å². The van der Waals surface area contributed by atoms with Crippen molar-refractivity contribution in [3.8, 4) is 16.3 Å². The van der Waals surface area contributed by atoms with Gasteiger partial charge in [0.05, 0.1) is 16.8 Å². The zero-order chi connectivity index (χ0) is 20.5. The van der Waals surface area contributed by atoms with Crippen molar-refractivity contribution >= 4 is 33.9 Å². The van der Waals surface area contributed by atoms with Crippen molar-refractivity contribution in [3.63, 3.8) is 0 Å². The molecule has 29 heavy (non-hydrogen) atoms. The molecule has 8 heteroatoms. The predicted molar refractivity (Wildman–Crippen MR) is 114 cm³/mol. The highest BCUT2D eigenvalue weighted by Crippen LogP contribution is 2.35. The number of anilines is 1. The van der Waals surface area contributed by atoms with Crippen LogP contribution >= 0.6 is 11.3 Å². The van der Waals surface area contributed by atoms with Crippen LogP contribution in [-0.2, 0) is 6.54 Å². The summed E-state index contributed by atoms with van der Waals surface area (Å²) < 4.78 is 0. The number of aromatic nitrogens is 3. The Morgan fingerprint density at radius 2 is 2.10 bits per heavy atom. The molecule has 4 N–H and O–H groups in total. The molecule has 0 fully saturated rings. The quantitative estimate of drug-likeness (QED) is 0.364. The Balaban J connectivity index is 1.58. The molecule has 0 unspecified atom stereocenters. The summed E-state index contributed by atoms with van der Waals surface area (Å²) in [5.74, 6) is -0.552. The first-order valence-corrected chi connectivity index (χ1v) is 10.0. The maximum absolute atomic E-state index is 11.3. The second-order valence-electron chi connectivity index (χ2n) is 7.04. The minimum absolute atomic E-state index is 0.0155. The third-order valence-electron chi connectivity index (χ3n) is 4.71. The number of aromatic carboxylic acids is 1. The number of aromatic hydroxyl groups is 1. The van der Waals surface area contributed by atoms with Crippen molar-refractivity contribution in [3.05, 3.63) is 58.7 Å². The Morgan fingerprint density at radius 1 is 1.28 bits per heavy atom. The van der Waals surface area contributed by atoms with Crippen LogP contribution in [0.1, 0.15) is 41.5 Å². The van der Waals surface area contributed by atoms with Gasteiger partial charge in [-0.15, -0.1) is 11.3 Å². The SMILES string of the molecule is CC(C)c1csc(-c2cccc(CNc3ccc4[nH]nc(C(=O)O)c4c3)c2O)n1. The number of benzene rings is 2. The molecule has 0 aliphatic rings. The fraction of sp³-hybridized carbons (Fsp3) is 0.190. The maximum atomic E-state index is 11.3. The van der Waals surface area contributed by atoms with Gasteiger partial charge in [0.2, 0.25) is 0 Å². The number of phenols is 1. The minimum Gasteiger partial charge on any atom is -0.507 e. The van der Waals surface area contributed by atoms with Gasteiger partial charge in [-0.2, -0.15) is 5.10 Å². The number of nitrogens with one attached hydrogen (secondary N) is 2. The molecule has 7 nitrogen and oxygen atoms in total. The monoisotopic (exact) mass is 408 g/mol. The molecule has 2 heterocycles. The third-order valence-corrected chi connectivity index (χ3v) is 5.61. The Hall–Kier alpha value is -3.39. The number of thiazole rings is 1. The van der Waals surface area contributed by atoms with Gasteiger partial charge < -0.3 is 15.5 Å². The summed E-state index contributed by atoms with van der Waals surface area (Å²) >= 11 is 1.52. The van der Waals surface area contributed by atoms with E-state index in [1.807, 2.05) is 29.6 Å². The van der Waals surface area contributed by atoms with E-state index >= 15 is 0 Å². The van der Waals surface area contributed by atoms with Crippen molar-refractivity contribution in [2.75, 3.05) is 5.32 Å². The lowest BCUT2D eigenvalue weighted by Crippen LogP contribution is -2.01. The minimum atomic E-state index is -1.08. The Kier molecular flexibility index (Phi) is 4.94. The van der Waals surface area contributed by atoms with Crippen LogP contribution in [0.25, 0.3) is 21.5 Å². The summed E-state index contributed by atoms with van der Waals surface area (Å²) in [6.07, 6.45) is 0. The van der Waals surface area contributed by atoms with Gasteiger partial charge in [-0.1, -0.05) is 26.0 Å². The number of carboxylic acids is 1. The number of nitrogens with zero attached hydrogens (tertiary/aromatic N) is 2. The summed E-state index contributed by atoms with van der Waals surface area (Å²) in [5, 5.41) is 33.1.